The van der Waals surface area contributed by atoms with Crippen LogP contribution in [0, 0.1) is 0 Å². The van der Waals surface area contributed by atoms with Crippen LogP contribution in [-0.4, -0.2) is 34.4 Å². The number of nitrogens with zero attached hydrogens (tertiary/aromatic N) is 2. The monoisotopic (exact) mass is 312 g/mol. The van der Waals surface area contributed by atoms with Crippen molar-refractivity contribution in [3.63, 3.8) is 0 Å². The molecule has 18 heavy (non-hydrogen) atoms. The SMILES string of the molecule is O=S(=O)([O-])CCCSc1nc2ncccc2s1.[Na+]. The first kappa shape index (κ1) is 16.4. The number of aromatic nitrogens is 2. The topological polar surface area (TPSA) is 83.0 Å². The first-order valence-electron chi connectivity index (χ1n) is 4.82. The first-order chi connectivity index (χ1) is 8.04. The van der Waals surface area contributed by atoms with Gasteiger partial charge in [-0.05, 0) is 18.6 Å². The summed E-state index contributed by atoms with van der Waals surface area (Å²) < 4.78 is 33.0. The molecular weight excluding hydrogens is 303 g/mol. The largest absolute Gasteiger partial charge is 1.00 e. The minimum Gasteiger partial charge on any atom is -0.748 e. The Balaban J connectivity index is 0.00000162. The Kier molecular flexibility index (Phi) is 6.52. The van der Waals surface area contributed by atoms with E-state index in [0.717, 1.165) is 9.04 Å². The third kappa shape index (κ3) is 5.12. The van der Waals surface area contributed by atoms with Crippen LogP contribution in [0.1, 0.15) is 6.42 Å². The van der Waals surface area contributed by atoms with Crippen LogP contribution in [0.25, 0.3) is 10.3 Å². The molecule has 2 heterocycles. The molecule has 2 aromatic heterocycles. The van der Waals surface area contributed by atoms with Crippen LogP contribution < -0.4 is 29.6 Å². The van der Waals surface area contributed by atoms with Crippen molar-refractivity contribution in [2.75, 3.05) is 11.5 Å². The Labute approximate surface area is 135 Å². The van der Waals surface area contributed by atoms with Crippen LogP contribution in [0.3, 0.4) is 0 Å². The summed E-state index contributed by atoms with van der Waals surface area (Å²) in [7, 11) is -4.10. The standard InChI is InChI=1S/C9H10N2O3S3.Na/c12-17(13,14)6-2-5-15-9-11-8-7(16-9)3-1-4-10-8;/h1,3-4H,2,5-6H2,(H,12,13,14);/q;+1/p-1. The average molecular weight is 312 g/mol. The maximum Gasteiger partial charge on any atom is 1.00 e. The van der Waals surface area contributed by atoms with E-state index in [0.29, 0.717) is 17.8 Å². The summed E-state index contributed by atoms with van der Waals surface area (Å²) in [5.74, 6) is 0.254. The van der Waals surface area contributed by atoms with Crippen molar-refractivity contribution in [1.82, 2.24) is 9.97 Å². The van der Waals surface area contributed by atoms with E-state index in [9.17, 15) is 13.0 Å². The molecular formula is C9H9N2NaO3S3. The second-order valence-electron chi connectivity index (χ2n) is 3.27. The fraction of sp³-hybridized carbons (Fsp3) is 0.333. The van der Waals surface area contributed by atoms with Crippen molar-refractivity contribution >= 4 is 43.6 Å². The van der Waals surface area contributed by atoms with Gasteiger partial charge >= 0.3 is 29.6 Å². The smallest absolute Gasteiger partial charge is 0.748 e. The molecule has 0 fully saturated rings. The van der Waals surface area contributed by atoms with Crippen molar-refractivity contribution in [2.24, 2.45) is 0 Å². The molecule has 9 heteroatoms. The van der Waals surface area contributed by atoms with Gasteiger partial charge in [0.15, 0.2) is 9.99 Å². The Morgan fingerprint density at radius 3 is 2.89 bits per heavy atom. The van der Waals surface area contributed by atoms with Gasteiger partial charge in [0, 0.05) is 17.7 Å². The fourth-order valence-electron chi connectivity index (χ4n) is 1.21. The van der Waals surface area contributed by atoms with Crippen LogP contribution in [0.15, 0.2) is 22.7 Å². The van der Waals surface area contributed by atoms with Crippen molar-refractivity contribution in [3.05, 3.63) is 18.3 Å². The van der Waals surface area contributed by atoms with Gasteiger partial charge in [-0.15, -0.1) is 11.3 Å². The predicted octanol–water partition coefficient (Wildman–Crippen LogP) is -1.28. The van der Waals surface area contributed by atoms with E-state index in [2.05, 4.69) is 9.97 Å². The quantitative estimate of drug-likeness (QED) is 0.296. The third-order valence-electron chi connectivity index (χ3n) is 1.91. The van der Waals surface area contributed by atoms with E-state index in [1.165, 1.54) is 23.1 Å². The second kappa shape index (κ2) is 7.18. The van der Waals surface area contributed by atoms with Crippen LogP contribution in [0.5, 0.6) is 0 Å². The summed E-state index contributed by atoms with van der Waals surface area (Å²) in [4.78, 5) is 8.40. The second-order valence-corrected chi connectivity index (χ2v) is 7.17. The molecule has 0 spiro atoms. The molecule has 2 aromatic rings. The van der Waals surface area contributed by atoms with Gasteiger partial charge in [-0.3, -0.25) is 0 Å². The van der Waals surface area contributed by atoms with Gasteiger partial charge in [-0.1, -0.05) is 11.8 Å². The van der Waals surface area contributed by atoms with Gasteiger partial charge in [-0.25, -0.2) is 18.4 Å². The van der Waals surface area contributed by atoms with Crippen molar-refractivity contribution in [1.29, 1.82) is 0 Å². The third-order valence-corrected chi connectivity index (χ3v) is 4.94. The van der Waals surface area contributed by atoms with Crippen molar-refractivity contribution in [3.8, 4) is 0 Å². The van der Waals surface area contributed by atoms with Gasteiger partial charge in [-0.2, -0.15) is 0 Å². The minimum absolute atomic E-state index is 0. The number of fused-ring (bicyclic) bond motifs is 1. The van der Waals surface area contributed by atoms with Gasteiger partial charge in [0.1, 0.15) is 0 Å². The van der Waals surface area contributed by atoms with Crippen molar-refractivity contribution < 1.29 is 42.5 Å². The van der Waals surface area contributed by atoms with Gasteiger partial charge in [0.25, 0.3) is 0 Å². The predicted molar refractivity (Wildman–Crippen MR) is 67.3 cm³/mol. The molecule has 0 N–H and O–H groups in total. The maximum atomic E-state index is 10.4. The maximum absolute atomic E-state index is 10.4. The Hall–Kier alpha value is 0.300. The summed E-state index contributed by atoms with van der Waals surface area (Å²) in [6.45, 7) is 0. The number of thioether (sulfide) groups is 1. The number of pyridine rings is 1. The molecule has 92 valence electrons. The number of rotatable bonds is 5. The number of hydrogen-bond acceptors (Lipinski definition) is 7. The summed E-state index contributed by atoms with van der Waals surface area (Å²) in [5, 5.41) is 0. The molecule has 0 bridgehead atoms. The van der Waals surface area contributed by atoms with E-state index in [1.807, 2.05) is 12.1 Å². The van der Waals surface area contributed by atoms with Gasteiger partial charge in [0.05, 0.1) is 14.8 Å². The number of hydrogen-bond donors (Lipinski definition) is 0. The first-order valence-corrected chi connectivity index (χ1v) is 8.20. The van der Waals surface area contributed by atoms with E-state index >= 15 is 0 Å². The Bertz CT molecular complexity index is 581. The Morgan fingerprint density at radius 1 is 1.44 bits per heavy atom. The zero-order valence-electron chi connectivity index (χ0n) is 9.70. The van der Waals surface area contributed by atoms with Crippen LogP contribution in [-0.2, 0) is 10.1 Å². The Morgan fingerprint density at radius 2 is 2.22 bits per heavy atom. The fourth-order valence-corrected chi connectivity index (χ4v) is 3.91. The summed E-state index contributed by atoms with van der Waals surface area (Å²) in [6, 6.07) is 3.78. The van der Waals surface area contributed by atoms with E-state index in [1.54, 1.807) is 6.20 Å². The molecule has 0 saturated carbocycles. The molecule has 0 aliphatic carbocycles. The molecule has 2 rings (SSSR count). The molecule has 0 saturated heterocycles. The molecule has 0 unspecified atom stereocenters. The van der Waals surface area contributed by atoms with Crippen LogP contribution >= 0.6 is 23.1 Å². The molecule has 0 aromatic carbocycles. The van der Waals surface area contributed by atoms with E-state index < -0.39 is 10.1 Å². The van der Waals surface area contributed by atoms with E-state index in [-0.39, 0.29) is 35.3 Å². The molecule has 0 aliphatic rings. The van der Waals surface area contributed by atoms with Crippen LogP contribution in [0.4, 0.5) is 0 Å². The zero-order chi connectivity index (χ0) is 12.3. The van der Waals surface area contributed by atoms with Crippen molar-refractivity contribution in [2.45, 2.75) is 10.8 Å². The van der Waals surface area contributed by atoms with Gasteiger partial charge in [0.2, 0.25) is 0 Å². The summed E-state index contributed by atoms with van der Waals surface area (Å²) in [6.07, 6.45) is 2.03. The van der Waals surface area contributed by atoms with Gasteiger partial charge < -0.3 is 4.55 Å². The van der Waals surface area contributed by atoms with Crippen LogP contribution in [0.2, 0.25) is 0 Å². The molecule has 5 nitrogen and oxygen atoms in total. The number of thiazole rings is 1. The summed E-state index contributed by atoms with van der Waals surface area (Å²) >= 11 is 2.97. The zero-order valence-corrected chi connectivity index (χ0v) is 14.1. The molecule has 0 atom stereocenters. The minimum atomic E-state index is -4.10. The van der Waals surface area contributed by atoms with E-state index in [4.69, 9.17) is 0 Å². The summed E-state index contributed by atoms with van der Waals surface area (Å²) in [5.41, 5.74) is 0.705. The average Bonchev–Trinajstić information content (AvgIpc) is 2.65. The molecule has 0 aliphatic heterocycles. The normalized spacial score (nSPS) is 11.4. The molecule has 0 radical (unpaired) electrons. The molecule has 0 amide bonds.